The van der Waals surface area contributed by atoms with Crippen molar-refractivity contribution in [2.45, 2.75) is 10.6 Å². The normalized spacial score (nSPS) is 10.0. The van der Waals surface area contributed by atoms with Crippen LogP contribution in [0.2, 0.25) is 0 Å². The third kappa shape index (κ3) is 4.35. The molecule has 0 radical (unpaired) electrons. The number of nitriles is 1. The van der Waals surface area contributed by atoms with E-state index in [9.17, 15) is 0 Å². The first-order chi connectivity index (χ1) is 11.3. The molecule has 1 aromatic heterocycles. The SMILES string of the molecule is N#Cc1cccc(Nc2ccc(SCc3ccccn3)cc2)c1. The van der Waals surface area contributed by atoms with Gasteiger partial charge in [0.15, 0.2) is 0 Å². The second kappa shape index (κ2) is 7.48. The number of anilines is 2. The quantitative estimate of drug-likeness (QED) is 0.674. The Morgan fingerprint density at radius 1 is 0.957 bits per heavy atom. The van der Waals surface area contributed by atoms with Gasteiger partial charge >= 0.3 is 0 Å². The Morgan fingerprint density at radius 3 is 2.57 bits per heavy atom. The van der Waals surface area contributed by atoms with Crippen molar-refractivity contribution in [1.82, 2.24) is 4.98 Å². The maximum absolute atomic E-state index is 8.93. The Balaban J connectivity index is 1.61. The molecule has 0 amide bonds. The van der Waals surface area contributed by atoms with Crippen molar-refractivity contribution in [3.63, 3.8) is 0 Å². The molecule has 0 unspecified atom stereocenters. The fraction of sp³-hybridized carbons (Fsp3) is 0.0526. The van der Waals surface area contributed by atoms with Crippen molar-refractivity contribution in [3.8, 4) is 6.07 Å². The van der Waals surface area contributed by atoms with Gasteiger partial charge in [-0.1, -0.05) is 12.1 Å². The van der Waals surface area contributed by atoms with Crippen LogP contribution in [0.1, 0.15) is 11.3 Å². The molecule has 112 valence electrons. The number of aromatic nitrogens is 1. The van der Waals surface area contributed by atoms with Gasteiger partial charge in [-0.05, 0) is 54.6 Å². The summed E-state index contributed by atoms with van der Waals surface area (Å²) >= 11 is 1.76. The van der Waals surface area contributed by atoms with Crippen molar-refractivity contribution in [2.24, 2.45) is 0 Å². The molecule has 1 N–H and O–H groups in total. The van der Waals surface area contributed by atoms with Gasteiger partial charge in [0.2, 0.25) is 0 Å². The van der Waals surface area contributed by atoms with Gasteiger partial charge in [0.05, 0.1) is 17.3 Å². The highest BCUT2D eigenvalue weighted by Gasteiger charge is 1.99. The van der Waals surface area contributed by atoms with E-state index in [4.69, 9.17) is 5.26 Å². The van der Waals surface area contributed by atoms with E-state index < -0.39 is 0 Å². The minimum absolute atomic E-state index is 0.650. The van der Waals surface area contributed by atoms with Crippen LogP contribution in [0, 0.1) is 11.3 Å². The smallest absolute Gasteiger partial charge is 0.0992 e. The summed E-state index contributed by atoms with van der Waals surface area (Å²) in [6, 6.07) is 23.8. The zero-order valence-electron chi connectivity index (χ0n) is 12.4. The van der Waals surface area contributed by atoms with Crippen molar-refractivity contribution in [1.29, 1.82) is 5.26 Å². The fourth-order valence-corrected chi connectivity index (χ4v) is 2.92. The summed E-state index contributed by atoms with van der Waals surface area (Å²) in [5.41, 5.74) is 3.64. The summed E-state index contributed by atoms with van der Waals surface area (Å²) in [4.78, 5) is 5.52. The number of hydrogen-bond donors (Lipinski definition) is 1. The summed E-state index contributed by atoms with van der Waals surface area (Å²) in [5.74, 6) is 0.859. The molecule has 0 aliphatic carbocycles. The highest BCUT2D eigenvalue weighted by molar-refractivity contribution is 7.98. The van der Waals surface area contributed by atoms with Crippen LogP contribution in [-0.2, 0) is 5.75 Å². The molecule has 0 aliphatic heterocycles. The Labute approximate surface area is 140 Å². The van der Waals surface area contributed by atoms with Crippen molar-refractivity contribution in [2.75, 3.05) is 5.32 Å². The van der Waals surface area contributed by atoms with Crippen molar-refractivity contribution < 1.29 is 0 Å². The number of rotatable bonds is 5. The number of pyridine rings is 1. The third-order valence-electron chi connectivity index (χ3n) is 3.25. The largest absolute Gasteiger partial charge is 0.355 e. The van der Waals surface area contributed by atoms with E-state index >= 15 is 0 Å². The van der Waals surface area contributed by atoms with Gasteiger partial charge in [0, 0.05) is 28.2 Å². The van der Waals surface area contributed by atoms with Crippen LogP contribution in [0.15, 0.2) is 77.8 Å². The molecule has 3 nitrogen and oxygen atoms in total. The summed E-state index contributed by atoms with van der Waals surface area (Å²) in [7, 11) is 0. The topological polar surface area (TPSA) is 48.7 Å². The lowest BCUT2D eigenvalue weighted by molar-refractivity contribution is 1.17. The molecule has 4 heteroatoms. The molecule has 3 rings (SSSR count). The summed E-state index contributed by atoms with van der Waals surface area (Å²) in [6.07, 6.45) is 1.82. The molecule has 0 saturated carbocycles. The van der Waals surface area contributed by atoms with Gasteiger partial charge in [0.1, 0.15) is 0 Å². The minimum atomic E-state index is 0.650. The first-order valence-electron chi connectivity index (χ1n) is 7.23. The standard InChI is InChI=1S/C19H15N3S/c20-13-15-4-3-6-17(12-15)22-16-7-9-19(10-8-16)23-14-18-5-1-2-11-21-18/h1-12,22H,14H2. The van der Waals surface area contributed by atoms with Crippen LogP contribution >= 0.6 is 11.8 Å². The van der Waals surface area contributed by atoms with E-state index in [-0.39, 0.29) is 0 Å². The lowest BCUT2D eigenvalue weighted by Crippen LogP contribution is -1.90. The highest BCUT2D eigenvalue weighted by atomic mass is 32.2. The molecule has 1 heterocycles. The second-order valence-corrected chi connectivity index (χ2v) is 6.00. The maximum atomic E-state index is 8.93. The zero-order valence-corrected chi connectivity index (χ0v) is 13.3. The Morgan fingerprint density at radius 2 is 1.83 bits per heavy atom. The van der Waals surface area contributed by atoms with Gasteiger partial charge in [-0.2, -0.15) is 5.26 Å². The van der Waals surface area contributed by atoms with Crippen molar-refractivity contribution >= 4 is 23.1 Å². The first kappa shape index (κ1) is 15.1. The lowest BCUT2D eigenvalue weighted by atomic mass is 10.2. The third-order valence-corrected chi connectivity index (χ3v) is 4.29. The molecule has 0 bridgehead atoms. The number of hydrogen-bond acceptors (Lipinski definition) is 4. The number of nitrogens with zero attached hydrogens (tertiary/aromatic N) is 2. The van der Waals surface area contributed by atoms with Crippen LogP contribution in [0.3, 0.4) is 0 Å². The average Bonchev–Trinajstić information content (AvgIpc) is 2.62. The second-order valence-electron chi connectivity index (χ2n) is 4.95. The molecule has 0 atom stereocenters. The summed E-state index contributed by atoms with van der Waals surface area (Å²) < 4.78 is 0. The Hall–Kier alpha value is -2.77. The van der Waals surface area contributed by atoms with E-state index in [2.05, 4.69) is 28.5 Å². The predicted octanol–water partition coefficient (Wildman–Crippen LogP) is 4.99. The van der Waals surface area contributed by atoms with E-state index in [0.717, 1.165) is 22.8 Å². The van der Waals surface area contributed by atoms with Crippen LogP contribution in [0.4, 0.5) is 11.4 Å². The van der Waals surface area contributed by atoms with E-state index in [1.807, 2.05) is 54.7 Å². The molecule has 0 saturated heterocycles. The predicted molar refractivity (Wildman–Crippen MR) is 94.7 cm³/mol. The molecule has 0 spiro atoms. The van der Waals surface area contributed by atoms with Crippen LogP contribution < -0.4 is 5.32 Å². The highest BCUT2D eigenvalue weighted by Crippen LogP contribution is 2.25. The monoisotopic (exact) mass is 317 g/mol. The van der Waals surface area contributed by atoms with Crippen molar-refractivity contribution in [3.05, 3.63) is 84.2 Å². The number of benzene rings is 2. The Kier molecular flexibility index (Phi) is 4.92. The minimum Gasteiger partial charge on any atom is -0.355 e. The molecule has 23 heavy (non-hydrogen) atoms. The van der Waals surface area contributed by atoms with Gasteiger partial charge < -0.3 is 5.32 Å². The fourth-order valence-electron chi connectivity index (χ4n) is 2.11. The molecule has 3 aromatic rings. The summed E-state index contributed by atoms with van der Waals surface area (Å²) in [5, 5.41) is 12.2. The van der Waals surface area contributed by atoms with Gasteiger partial charge in [-0.3, -0.25) is 4.98 Å². The Bertz CT molecular complexity index is 808. The van der Waals surface area contributed by atoms with E-state index in [1.165, 1.54) is 4.90 Å². The number of nitrogens with one attached hydrogen (secondary N) is 1. The molecule has 0 aliphatic rings. The van der Waals surface area contributed by atoms with Gasteiger partial charge in [0.25, 0.3) is 0 Å². The molecule has 0 fully saturated rings. The average molecular weight is 317 g/mol. The molecular weight excluding hydrogens is 302 g/mol. The van der Waals surface area contributed by atoms with Gasteiger partial charge in [-0.15, -0.1) is 11.8 Å². The number of thioether (sulfide) groups is 1. The maximum Gasteiger partial charge on any atom is 0.0992 e. The van der Waals surface area contributed by atoms with Crippen LogP contribution in [0.5, 0.6) is 0 Å². The lowest BCUT2D eigenvalue weighted by Gasteiger charge is -2.08. The van der Waals surface area contributed by atoms with Gasteiger partial charge in [-0.25, -0.2) is 0 Å². The van der Waals surface area contributed by atoms with E-state index in [0.29, 0.717) is 5.56 Å². The van der Waals surface area contributed by atoms with Crippen LogP contribution in [0.25, 0.3) is 0 Å². The first-order valence-corrected chi connectivity index (χ1v) is 8.22. The zero-order chi connectivity index (χ0) is 15.9. The molecular formula is C19H15N3S. The summed E-state index contributed by atoms with van der Waals surface area (Å²) in [6.45, 7) is 0. The molecule has 2 aromatic carbocycles. The van der Waals surface area contributed by atoms with E-state index in [1.54, 1.807) is 17.8 Å². The van der Waals surface area contributed by atoms with Crippen LogP contribution in [-0.4, -0.2) is 4.98 Å².